The predicted molar refractivity (Wildman–Crippen MR) is 68.2 cm³/mol. The Balaban J connectivity index is 3.00. The summed E-state index contributed by atoms with van der Waals surface area (Å²) in [6.45, 7) is 4.90. The highest BCUT2D eigenvalue weighted by atomic mass is 32.2. The van der Waals surface area contributed by atoms with Gasteiger partial charge in [-0.15, -0.1) is 0 Å². The van der Waals surface area contributed by atoms with E-state index in [1.54, 1.807) is 20.8 Å². The van der Waals surface area contributed by atoms with E-state index in [9.17, 15) is 14.4 Å². The van der Waals surface area contributed by atoms with E-state index in [0.717, 1.165) is 4.90 Å². The van der Waals surface area contributed by atoms with E-state index in [4.69, 9.17) is 14.9 Å². The van der Waals surface area contributed by atoms with Crippen molar-refractivity contribution in [3.63, 3.8) is 0 Å². The average Bonchev–Trinajstić information content (AvgIpc) is 2.25. The van der Waals surface area contributed by atoms with Crippen molar-refractivity contribution in [2.45, 2.75) is 38.5 Å². The van der Waals surface area contributed by atoms with E-state index in [-0.39, 0.29) is 11.5 Å². The molecular weight excluding hydrogens is 274 g/mol. The number of rotatable bonds is 2. The first-order valence-corrected chi connectivity index (χ1v) is 6.83. The number of carboxylic acid groups (broad SMARTS) is 2. The second-order valence-electron chi connectivity index (χ2n) is 5.13. The van der Waals surface area contributed by atoms with E-state index < -0.39 is 35.7 Å². The minimum absolute atomic E-state index is 0.151. The van der Waals surface area contributed by atoms with Gasteiger partial charge in [-0.25, -0.2) is 14.4 Å². The lowest BCUT2D eigenvalue weighted by Crippen LogP contribution is -2.59. The molecule has 2 N–H and O–H groups in total. The minimum atomic E-state index is -1.23. The van der Waals surface area contributed by atoms with Crippen molar-refractivity contribution in [1.29, 1.82) is 0 Å². The number of hydrogen-bond donors (Lipinski definition) is 2. The molecule has 19 heavy (non-hydrogen) atoms. The first kappa shape index (κ1) is 15.6. The quantitative estimate of drug-likeness (QED) is 0.778. The number of nitrogens with zero attached hydrogens (tertiary/aromatic N) is 1. The van der Waals surface area contributed by atoms with Crippen LogP contribution >= 0.6 is 11.8 Å². The van der Waals surface area contributed by atoms with Crippen molar-refractivity contribution >= 4 is 29.8 Å². The molecule has 1 rings (SSSR count). The zero-order valence-electron chi connectivity index (χ0n) is 11.0. The molecule has 1 aliphatic heterocycles. The summed E-state index contributed by atoms with van der Waals surface area (Å²) in [4.78, 5) is 35.1. The highest BCUT2D eigenvalue weighted by molar-refractivity contribution is 7.99. The summed E-state index contributed by atoms with van der Waals surface area (Å²) < 4.78 is 5.09. The van der Waals surface area contributed by atoms with Crippen molar-refractivity contribution in [2.24, 2.45) is 0 Å². The molecule has 0 aromatic carbocycles. The zero-order chi connectivity index (χ0) is 14.8. The van der Waals surface area contributed by atoms with Crippen LogP contribution in [0.5, 0.6) is 0 Å². The van der Waals surface area contributed by atoms with Gasteiger partial charge in [0.1, 0.15) is 17.7 Å². The molecule has 1 heterocycles. The summed E-state index contributed by atoms with van der Waals surface area (Å²) in [6, 6.07) is -2.37. The Bertz CT molecular complexity index is 369. The van der Waals surface area contributed by atoms with Crippen molar-refractivity contribution in [3.05, 3.63) is 0 Å². The monoisotopic (exact) mass is 291 g/mol. The molecule has 0 aromatic rings. The Labute approximate surface area is 114 Å². The molecule has 108 valence electrons. The highest BCUT2D eigenvalue weighted by Gasteiger charge is 2.44. The summed E-state index contributed by atoms with van der Waals surface area (Å²) in [5.41, 5.74) is -0.812. The van der Waals surface area contributed by atoms with Gasteiger partial charge in [0.15, 0.2) is 0 Å². The largest absolute Gasteiger partial charge is 0.480 e. The third-order valence-corrected chi connectivity index (χ3v) is 3.50. The van der Waals surface area contributed by atoms with E-state index in [1.165, 1.54) is 11.8 Å². The second-order valence-corrected chi connectivity index (χ2v) is 6.21. The maximum absolute atomic E-state index is 12.0. The fraction of sp³-hybridized carbons (Fsp3) is 0.727. The maximum Gasteiger partial charge on any atom is 0.411 e. The molecule has 0 bridgehead atoms. The van der Waals surface area contributed by atoms with Gasteiger partial charge in [0.05, 0.1) is 0 Å². The number of thioether (sulfide) groups is 1. The molecule has 2 atom stereocenters. The summed E-state index contributed by atoms with van der Waals surface area (Å²) >= 11 is 1.20. The molecule has 0 unspecified atom stereocenters. The van der Waals surface area contributed by atoms with E-state index in [1.807, 2.05) is 0 Å². The number of amides is 1. The van der Waals surface area contributed by atoms with Crippen LogP contribution in [0.1, 0.15) is 20.8 Å². The van der Waals surface area contributed by atoms with E-state index >= 15 is 0 Å². The van der Waals surface area contributed by atoms with Crippen LogP contribution < -0.4 is 0 Å². The first-order chi connectivity index (χ1) is 8.63. The standard InChI is InChI=1S/C11H17NO6S/c1-11(2,3)18-10(17)12-6(8(13)14)4-19-5-7(12)9(15)16/h6-7H,4-5H2,1-3H3,(H,13,14)(H,15,16)/t6-,7-/m0/s1. The lowest BCUT2D eigenvalue weighted by atomic mass is 10.2. The Morgan fingerprint density at radius 2 is 1.53 bits per heavy atom. The number of ether oxygens (including phenoxy) is 1. The maximum atomic E-state index is 12.0. The Kier molecular flexibility index (Phi) is 4.67. The van der Waals surface area contributed by atoms with Gasteiger partial charge in [0.2, 0.25) is 0 Å². The van der Waals surface area contributed by atoms with Crippen molar-refractivity contribution in [2.75, 3.05) is 11.5 Å². The van der Waals surface area contributed by atoms with Crippen LogP contribution in [0.2, 0.25) is 0 Å². The average molecular weight is 291 g/mol. The highest BCUT2D eigenvalue weighted by Crippen LogP contribution is 2.25. The third kappa shape index (κ3) is 4.02. The Morgan fingerprint density at radius 3 is 1.84 bits per heavy atom. The lowest BCUT2D eigenvalue weighted by molar-refractivity contribution is -0.149. The van der Waals surface area contributed by atoms with Crippen LogP contribution in [0.25, 0.3) is 0 Å². The molecule has 0 aromatic heterocycles. The van der Waals surface area contributed by atoms with Crippen molar-refractivity contribution in [1.82, 2.24) is 4.90 Å². The number of carbonyl (C=O) groups is 3. The third-order valence-electron chi connectivity index (χ3n) is 2.40. The van der Waals surface area contributed by atoms with E-state index in [0.29, 0.717) is 0 Å². The van der Waals surface area contributed by atoms with Crippen LogP contribution in [0.15, 0.2) is 0 Å². The van der Waals surface area contributed by atoms with Crippen LogP contribution in [-0.4, -0.2) is 62.3 Å². The fourth-order valence-corrected chi connectivity index (χ4v) is 2.81. The molecule has 0 saturated carbocycles. The predicted octanol–water partition coefficient (Wildman–Crippen LogP) is 0.877. The van der Waals surface area contributed by atoms with E-state index in [2.05, 4.69) is 0 Å². The number of carboxylic acids is 2. The van der Waals surface area contributed by atoms with Crippen LogP contribution in [-0.2, 0) is 14.3 Å². The lowest BCUT2D eigenvalue weighted by Gasteiger charge is -2.38. The molecule has 1 amide bonds. The molecule has 1 aliphatic rings. The van der Waals surface area contributed by atoms with Crippen molar-refractivity contribution < 1.29 is 29.3 Å². The second kappa shape index (κ2) is 5.68. The molecule has 0 aliphatic carbocycles. The van der Waals surface area contributed by atoms with Gasteiger partial charge >= 0.3 is 18.0 Å². The topological polar surface area (TPSA) is 104 Å². The van der Waals surface area contributed by atoms with Gasteiger partial charge in [-0.2, -0.15) is 11.8 Å². The van der Waals surface area contributed by atoms with Gasteiger partial charge in [-0.05, 0) is 20.8 Å². The molecule has 0 spiro atoms. The van der Waals surface area contributed by atoms with Gasteiger partial charge in [0.25, 0.3) is 0 Å². The molecule has 1 saturated heterocycles. The smallest absolute Gasteiger partial charge is 0.411 e. The zero-order valence-corrected chi connectivity index (χ0v) is 11.8. The van der Waals surface area contributed by atoms with Gasteiger partial charge in [-0.3, -0.25) is 4.90 Å². The number of hydrogen-bond acceptors (Lipinski definition) is 5. The van der Waals surface area contributed by atoms with Gasteiger partial charge < -0.3 is 14.9 Å². The SMILES string of the molecule is CC(C)(C)OC(=O)N1[C@H](C(=O)O)CSC[C@H]1C(=O)O. The van der Waals surface area contributed by atoms with Crippen LogP contribution in [0, 0.1) is 0 Å². The number of aliphatic carboxylic acids is 2. The molecular formula is C11H17NO6S. The van der Waals surface area contributed by atoms with Crippen molar-refractivity contribution in [3.8, 4) is 0 Å². The Hall–Kier alpha value is -1.44. The normalized spacial score (nSPS) is 23.8. The molecule has 0 radical (unpaired) electrons. The summed E-state index contributed by atoms with van der Waals surface area (Å²) in [7, 11) is 0. The summed E-state index contributed by atoms with van der Waals surface area (Å²) in [5.74, 6) is -2.16. The first-order valence-electron chi connectivity index (χ1n) is 5.68. The minimum Gasteiger partial charge on any atom is -0.480 e. The summed E-state index contributed by atoms with van der Waals surface area (Å²) in [6.07, 6.45) is -0.910. The van der Waals surface area contributed by atoms with Gasteiger partial charge in [-0.1, -0.05) is 0 Å². The van der Waals surface area contributed by atoms with Crippen LogP contribution in [0.4, 0.5) is 4.79 Å². The Morgan fingerprint density at radius 1 is 1.11 bits per heavy atom. The molecule has 7 nitrogen and oxygen atoms in total. The molecule has 1 fully saturated rings. The van der Waals surface area contributed by atoms with Crippen LogP contribution in [0.3, 0.4) is 0 Å². The fourth-order valence-electron chi connectivity index (χ4n) is 1.62. The molecule has 8 heteroatoms. The van der Waals surface area contributed by atoms with Gasteiger partial charge in [0, 0.05) is 11.5 Å². The number of carbonyl (C=O) groups excluding carboxylic acids is 1. The summed E-state index contributed by atoms with van der Waals surface area (Å²) in [5, 5.41) is 18.2.